The Balaban J connectivity index is 2.15. The molecule has 98 valence electrons. The minimum absolute atomic E-state index is 0.0216. The van der Waals surface area contributed by atoms with Gasteiger partial charge in [0.05, 0.1) is 16.2 Å². The van der Waals surface area contributed by atoms with Crippen LogP contribution in [0.5, 0.6) is 0 Å². The molecule has 0 unspecified atom stereocenters. The van der Waals surface area contributed by atoms with Crippen LogP contribution in [0.25, 0.3) is 10.1 Å². The van der Waals surface area contributed by atoms with E-state index in [-0.39, 0.29) is 5.56 Å². The molecular formula is C14H15N3OS. The zero-order valence-corrected chi connectivity index (χ0v) is 11.6. The SMILES string of the molecule is CN1CCC(C#N)(n2sc3ccccc3c2=O)CC1. The third kappa shape index (κ3) is 1.88. The highest BCUT2D eigenvalue weighted by atomic mass is 32.1. The molecule has 2 aromatic rings. The monoisotopic (exact) mass is 273 g/mol. The molecule has 2 heterocycles. The molecule has 1 saturated heterocycles. The van der Waals surface area contributed by atoms with Gasteiger partial charge in [-0.05, 0) is 32.0 Å². The highest BCUT2D eigenvalue weighted by Gasteiger charge is 2.38. The number of fused-ring (bicyclic) bond motifs is 1. The fraction of sp³-hybridized carbons (Fsp3) is 0.429. The van der Waals surface area contributed by atoms with Crippen molar-refractivity contribution in [1.82, 2.24) is 8.86 Å². The predicted octanol–water partition coefficient (Wildman–Crippen LogP) is 2.01. The van der Waals surface area contributed by atoms with Gasteiger partial charge in [-0.15, -0.1) is 0 Å². The van der Waals surface area contributed by atoms with E-state index in [1.165, 1.54) is 11.5 Å². The lowest BCUT2D eigenvalue weighted by Crippen LogP contribution is -2.46. The van der Waals surface area contributed by atoms with E-state index in [2.05, 4.69) is 18.0 Å². The number of likely N-dealkylation sites (tertiary alicyclic amines) is 1. The summed E-state index contributed by atoms with van der Waals surface area (Å²) in [5.41, 5.74) is -0.681. The number of aromatic nitrogens is 1. The Morgan fingerprint density at radius 1 is 1.32 bits per heavy atom. The summed E-state index contributed by atoms with van der Waals surface area (Å²) in [6, 6.07) is 9.98. The summed E-state index contributed by atoms with van der Waals surface area (Å²) in [6.07, 6.45) is 1.43. The van der Waals surface area contributed by atoms with E-state index in [9.17, 15) is 10.1 Å². The van der Waals surface area contributed by atoms with Crippen LogP contribution in [0.3, 0.4) is 0 Å². The van der Waals surface area contributed by atoms with E-state index in [0.29, 0.717) is 12.8 Å². The molecule has 0 atom stereocenters. The van der Waals surface area contributed by atoms with Gasteiger partial charge in [-0.25, -0.2) is 3.96 Å². The first-order valence-electron chi connectivity index (χ1n) is 6.38. The van der Waals surface area contributed by atoms with E-state index in [0.717, 1.165) is 23.2 Å². The van der Waals surface area contributed by atoms with Crippen molar-refractivity contribution < 1.29 is 0 Å². The first-order valence-corrected chi connectivity index (χ1v) is 7.15. The van der Waals surface area contributed by atoms with Crippen molar-refractivity contribution in [1.29, 1.82) is 5.26 Å². The summed E-state index contributed by atoms with van der Waals surface area (Å²) >= 11 is 1.42. The number of hydrogen-bond acceptors (Lipinski definition) is 4. The lowest BCUT2D eigenvalue weighted by atomic mass is 9.90. The van der Waals surface area contributed by atoms with Crippen LogP contribution in [-0.4, -0.2) is 29.0 Å². The van der Waals surface area contributed by atoms with Crippen molar-refractivity contribution in [3.63, 3.8) is 0 Å². The van der Waals surface area contributed by atoms with Gasteiger partial charge in [0.2, 0.25) is 0 Å². The van der Waals surface area contributed by atoms with Crippen molar-refractivity contribution in [3.8, 4) is 6.07 Å². The summed E-state index contributed by atoms with van der Waals surface area (Å²) in [5, 5.41) is 10.3. The maximum Gasteiger partial charge on any atom is 0.270 e. The van der Waals surface area contributed by atoms with Crippen molar-refractivity contribution in [3.05, 3.63) is 34.6 Å². The van der Waals surface area contributed by atoms with Gasteiger partial charge in [0.15, 0.2) is 0 Å². The first kappa shape index (κ1) is 12.4. The molecule has 4 nitrogen and oxygen atoms in total. The summed E-state index contributed by atoms with van der Waals surface area (Å²) in [4.78, 5) is 14.7. The number of nitrogens with zero attached hydrogens (tertiary/aromatic N) is 3. The summed E-state index contributed by atoms with van der Waals surface area (Å²) in [7, 11) is 2.05. The number of piperidine rings is 1. The van der Waals surface area contributed by atoms with E-state index >= 15 is 0 Å². The quantitative estimate of drug-likeness (QED) is 0.798. The Morgan fingerprint density at radius 2 is 2.00 bits per heavy atom. The molecule has 0 amide bonds. The molecule has 1 aromatic heterocycles. The van der Waals surface area contributed by atoms with Gasteiger partial charge in [-0.2, -0.15) is 5.26 Å². The van der Waals surface area contributed by atoms with Gasteiger partial charge >= 0.3 is 0 Å². The maximum absolute atomic E-state index is 12.5. The molecule has 0 saturated carbocycles. The molecule has 5 heteroatoms. The van der Waals surface area contributed by atoms with E-state index in [4.69, 9.17) is 0 Å². The van der Waals surface area contributed by atoms with Crippen LogP contribution in [0.1, 0.15) is 12.8 Å². The molecule has 1 fully saturated rings. The van der Waals surface area contributed by atoms with Gasteiger partial charge in [-0.1, -0.05) is 23.7 Å². The number of rotatable bonds is 1. The highest BCUT2D eigenvalue weighted by Crippen LogP contribution is 2.32. The Bertz CT molecular complexity index is 701. The molecule has 1 aliphatic heterocycles. The normalized spacial score (nSPS) is 19.4. The van der Waals surface area contributed by atoms with Crippen LogP contribution < -0.4 is 5.56 Å². The van der Waals surface area contributed by atoms with E-state index in [1.807, 2.05) is 24.3 Å². The average molecular weight is 273 g/mol. The van der Waals surface area contributed by atoms with Crippen LogP contribution in [0, 0.1) is 11.3 Å². The third-order valence-corrected chi connectivity index (χ3v) is 5.15. The third-order valence-electron chi connectivity index (χ3n) is 3.90. The van der Waals surface area contributed by atoms with Crippen molar-refractivity contribution in [2.75, 3.05) is 20.1 Å². The molecule has 0 aliphatic carbocycles. The molecule has 1 aromatic carbocycles. The lowest BCUT2D eigenvalue weighted by Gasteiger charge is -2.35. The van der Waals surface area contributed by atoms with Crippen LogP contribution >= 0.6 is 11.5 Å². The topological polar surface area (TPSA) is 49.0 Å². The van der Waals surface area contributed by atoms with Crippen LogP contribution in [0.15, 0.2) is 29.1 Å². The fourth-order valence-electron chi connectivity index (χ4n) is 2.60. The zero-order chi connectivity index (χ0) is 13.5. The van der Waals surface area contributed by atoms with Gasteiger partial charge < -0.3 is 4.90 Å². The minimum atomic E-state index is -0.659. The molecule has 0 spiro atoms. The molecule has 3 rings (SSSR count). The molecule has 19 heavy (non-hydrogen) atoms. The smallest absolute Gasteiger partial charge is 0.270 e. The largest absolute Gasteiger partial charge is 0.306 e. The van der Waals surface area contributed by atoms with Gasteiger partial charge in [0.1, 0.15) is 5.54 Å². The van der Waals surface area contributed by atoms with Gasteiger partial charge in [-0.3, -0.25) is 4.79 Å². The van der Waals surface area contributed by atoms with Crippen LogP contribution in [0.4, 0.5) is 0 Å². The molecule has 0 N–H and O–H groups in total. The fourth-order valence-corrected chi connectivity index (χ4v) is 3.77. The van der Waals surface area contributed by atoms with Crippen molar-refractivity contribution >= 4 is 21.6 Å². The molecular weight excluding hydrogens is 258 g/mol. The Labute approximate surface area is 115 Å². The maximum atomic E-state index is 12.5. The number of hydrogen-bond donors (Lipinski definition) is 0. The Kier molecular flexibility index (Phi) is 2.92. The molecule has 1 aliphatic rings. The second-order valence-corrected chi connectivity index (χ2v) is 6.12. The summed E-state index contributed by atoms with van der Waals surface area (Å²) in [6.45, 7) is 1.71. The summed E-state index contributed by atoms with van der Waals surface area (Å²) in [5.74, 6) is 0. The standard InChI is InChI=1S/C14H15N3OS/c1-16-8-6-14(10-15,7-9-16)17-13(18)11-4-2-3-5-12(11)19-17/h2-5H,6-9H2,1H3. The van der Waals surface area contributed by atoms with Gasteiger partial charge in [0, 0.05) is 13.1 Å². The van der Waals surface area contributed by atoms with Crippen molar-refractivity contribution in [2.45, 2.75) is 18.4 Å². The Hall–Kier alpha value is -1.64. The first-order chi connectivity index (χ1) is 9.16. The van der Waals surface area contributed by atoms with E-state index < -0.39 is 5.54 Å². The zero-order valence-electron chi connectivity index (χ0n) is 10.8. The average Bonchev–Trinajstić information content (AvgIpc) is 2.79. The second-order valence-electron chi connectivity index (χ2n) is 5.13. The van der Waals surface area contributed by atoms with Crippen LogP contribution in [0.2, 0.25) is 0 Å². The highest BCUT2D eigenvalue weighted by molar-refractivity contribution is 7.14. The van der Waals surface area contributed by atoms with Crippen molar-refractivity contribution in [2.24, 2.45) is 0 Å². The minimum Gasteiger partial charge on any atom is -0.306 e. The predicted molar refractivity (Wildman–Crippen MR) is 76.4 cm³/mol. The number of benzene rings is 1. The van der Waals surface area contributed by atoms with E-state index in [1.54, 1.807) is 3.96 Å². The number of nitriles is 1. The Morgan fingerprint density at radius 3 is 2.63 bits per heavy atom. The lowest BCUT2D eigenvalue weighted by molar-refractivity contribution is 0.180. The molecule has 0 radical (unpaired) electrons. The summed E-state index contributed by atoms with van der Waals surface area (Å²) < 4.78 is 2.66. The van der Waals surface area contributed by atoms with Crippen LogP contribution in [-0.2, 0) is 5.54 Å². The second kappa shape index (κ2) is 4.48. The van der Waals surface area contributed by atoms with Gasteiger partial charge in [0.25, 0.3) is 5.56 Å². The molecule has 0 bridgehead atoms.